The number of nitro benzene ring substituents is 1. The van der Waals surface area contributed by atoms with E-state index in [-0.39, 0.29) is 16.4 Å². The number of benzene rings is 1. The smallest absolute Gasteiger partial charge is 0.277 e. The van der Waals surface area contributed by atoms with Crippen LogP contribution < -0.4 is 5.32 Å². The monoisotopic (exact) mass is 294 g/mol. The van der Waals surface area contributed by atoms with Crippen molar-refractivity contribution in [3.05, 3.63) is 51.3 Å². The normalized spacial score (nSPS) is 10.3. The number of aromatic nitrogens is 2. The molecule has 1 aromatic heterocycles. The van der Waals surface area contributed by atoms with Gasteiger partial charge in [0.1, 0.15) is 0 Å². The molecule has 2 aromatic rings. The minimum absolute atomic E-state index is 0.0451. The number of non-ortho nitro benzene ring substituents is 1. The van der Waals surface area contributed by atoms with E-state index in [0.29, 0.717) is 12.2 Å². The molecule has 104 valence electrons. The number of anilines is 1. The van der Waals surface area contributed by atoms with Crippen molar-refractivity contribution in [3.63, 3.8) is 0 Å². The Labute approximate surface area is 119 Å². The van der Waals surface area contributed by atoms with E-state index >= 15 is 0 Å². The zero-order valence-electron chi connectivity index (χ0n) is 10.5. The maximum absolute atomic E-state index is 12.0. The summed E-state index contributed by atoms with van der Waals surface area (Å²) in [7, 11) is 0. The summed E-state index contributed by atoms with van der Waals surface area (Å²) in [5, 5.41) is 17.4. The Morgan fingerprint density at radius 2 is 2.10 bits per heavy atom. The molecule has 0 aliphatic rings. The lowest BCUT2D eigenvalue weighted by molar-refractivity contribution is -0.384. The van der Waals surface area contributed by atoms with Crippen molar-refractivity contribution in [1.29, 1.82) is 0 Å². The van der Waals surface area contributed by atoms with Crippen molar-refractivity contribution in [2.45, 2.75) is 13.5 Å². The fourth-order valence-corrected chi connectivity index (χ4v) is 1.81. The zero-order chi connectivity index (χ0) is 14.7. The van der Waals surface area contributed by atoms with Gasteiger partial charge in [-0.2, -0.15) is 5.10 Å². The minimum atomic E-state index is -0.509. The fraction of sp³-hybridized carbons (Fsp3) is 0.167. The number of nitro groups is 1. The molecule has 2 rings (SSSR count). The van der Waals surface area contributed by atoms with Gasteiger partial charge in [-0.25, -0.2) is 0 Å². The number of carbonyl (C=O) groups excluding carboxylic acids is 1. The first-order valence-electron chi connectivity index (χ1n) is 5.80. The Morgan fingerprint density at radius 1 is 1.45 bits per heavy atom. The third kappa shape index (κ3) is 2.94. The highest BCUT2D eigenvalue weighted by atomic mass is 35.5. The van der Waals surface area contributed by atoms with Crippen LogP contribution in [0.5, 0.6) is 0 Å². The van der Waals surface area contributed by atoms with Crippen LogP contribution in [0, 0.1) is 10.1 Å². The second-order valence-electron chi connectivity index (χ2n) is 3.94. The molecule has 0 bridgehead atoms. The molecule has 1 heterocycles. The highest BCUT2D eigenvalue weighted by Gasteiger charge is 2.15. The molecule has 7 nitrogen and oxygen atoms in total. The van der Waals surface area contributed by atoms with Crippen LogP contribution in [-0.2, 0) is 6.54 Å². The molecule has 20 heavy (non-hydrogen) atoms. The van der Waals surface area contributed by atoms with E-state index < -0.39 is 10.8 Å². The number of carbonyl (C=O) groups is 1. The van der Waals surface area contributed by atoms with Gasteiger partial charge in [-0.15, -0.1) is 0 Å². The molecule has 0 aliphatic heterocycles. The van der Waals surface area contributed by atoms with E-state index in [1.807, 2.05) is 6.92 Å². The number of nitrogens with one attached hydrogen (secondary N) is 1. The molecule has 0 aliphatic carbocycles. The molecule has 0 saturated carbocycles. The third-order valence-electron chi connectivity index (χ3n) is 2.59. The SMILES string of the molecule is CCn1cc(Cl)c(C(=O)Nc2ccc([N+](=O)[O-])cc2)n1. The number of hydrogen-bond acceptors (Lipinski definition) is 4. The summed E-state index contributed by atoms with van der Waals surface area (Å²) in [4.78, 5) is 22.0. The molecule has 8 heteroatoms. The number of halogens is 1. The van der Waals surface area contributed by atoms with Gasteiger partial charge in [-0.05, 0) is 19.1 Å². The summed E-state index contributed by atoms with van der Waals surface area (Å²) in [6, 6.07) is 5.51. The predicted molar refractivity (Wildman–Crippen MR) is 74.0 cm³/mol. The van der Waals surface area contributed by atoms with Gasteiger partial charge in [0.15, 0.2) is 5.69 Å². The minimum Gasteiger partial charge on any atom is -0.321 e. The molecule has 0 radical (unpaired) electrons. The molecular weight excluding hydrogens is 284 g/mol. The maximum atomic E-state index is 12.0. The maximum Gasteiger partial charge on any atom is 0.277 e. The molecule has 1 N–H and O–H groups in total. The average Bonchev–Trinajstić information content (AvgIpc) is 2.80. The largest absolute Gasteiger partial charge is 0.321 e. The van der Waals surface area contributed by atoms with Crippen LogP contribution in [0.1, 0.15) is 17.4 Å². The van der Waals surface area contributed by atoms with E-state index in [1.54, 1.807) is 10.9 Å². The zero-order valence-corrected chi connectivity index (χ0v) is 11.3. The highest BCUT2D eigenvalue weighted by Crippen LogP contribution is 2.18. The molecule has 1 aromatic carbocycles. The fourth-order valence-electron chi connectivity index (χ4n) is 1.57. The van der Waals surface area contributed by atoms with E-state index in [2.05, 4.69) is 10.4 Å². The van der Waals surface area contributed by atoms with Crippen LogP contribution in [-0.4, -0.2) is 20.6 Å². The topological polar surface area (TPSA) is 90.1 Å². The summed E-state index contributed by atoms with van der Waals surface area (Å²) in [5.41, 5.74) is 0.505. The Balaban J connectivity index is 2.14. The Hall–Kier alpha value is -2.41. The van der Waals surface area contributed by atoms with Gasteiger partial charge in [0.05, 0.1) is 9.95 Å². The second kappa shape index (κ2) is 5.70. The predicted octanol–water partition coefficient (Wildman–Crippen LogP) is 2.72. The van der Waals surface area contributed by atoms with Gasteiger partial charge in [0.2, 0.25) is 0 Å². The first kappa shape index (κ1) is 14.0. The number of aryl methyl sites for hydroxylation is 1. The summed E-state index contributed by atoms with van der Waals surface area (Å²) in [6.45, 7) is 2.48. The first-order valence-corrected chi connectivity index (χ1v) is 6.18. The van der Waals surface area contributed by atoms with Gasteiger partial charge in [0, 0.05) is 30.6 Å². The van der Waals surface area contributed by atoms with Gasteiger partial charge in [-0.1, -0.05) is 11.6 Å². The van der Waals surface area contributed by atoms with Crippen LogP contribution in [0.25, 0.3) is 0 Å². The summed E-state index contributed by atoms with van der Waals surface area (Å²) >= 11 is 5.92. The molecule has 0 fully saturated rings. The molecule has 0 spiro atoms. The number of amides is 1. The first-order chi connectivity index (χ1) is 9.51. The van der Waals surface area contributed by atoms with E-state index in [1.165, 1.54) is 24.3 Å². The quantitative estimate of drug-likeness (QED) is 0.693. The van der Waals surface area contributed by atoms with Crippen molar-refractivity contribution >= 4 is 28.9 Å². The lowest BCUT2D eigenvalue weighted by atomic mass is 10.2. The van der Waals surface area contributed by atoms with Crippen LogP contribution in [0.4, 0.5) is 11.4 Å². The Bertz CT molecular complexity index is 651. The number of nitrogens with zero attached hydrogens (tertiary/aromatic N) is 3. The lowest BCUT2D eigenvalue weighted by Gasteiger charge is -2.03. The molecule has 0 atom stereocenters. The Kier molecular flexibility index (Phi) is 3.99. The van der Waals surface area contributed by atoms with Gasteiger partial charge < -0.3 is 5.32 Å². The van der Waals surface area contributed by atoms with Crippen molar-refractivity contribution < 1.29 is 9.72 Å². The number of rotatable bonds is 4. The molecule has 0 saturated heterocycles. The standard InChI is InChI=1S/C12H11ClN4O3/c1-2-16-7-10(13)11(15-16)12(18)14-8-3-5-9(6-4-8)17(19)20/h3-7H,2H2,1H3,(H,14,18). The van der Waals surface area contributed by atoms with Crippen LogP contribution in [0.15, 0.2) is 30.5 Å². The van der Waals surface area contributed by atoms with Crippen molar-refractivity contribution in [1.82, 2.24) is 9.78 Å². The third-order valence-corrected chi connectivity index (χ3v) is 2.87. The molecule has 0 unspecified atom stereocenters. The highest BCUT2D eigenvalue weighted by molar-refractivity contribution is 6.34. The van der Waals surface area contributed by atoms with Gasteiger partial charge in [0.25, 0.3) is 11.6 Å². The van der Waals surface area contributed by atoms with Gasteiger partial charge in [-0.3, -0.25) is 19.6 Å². The second-order valence-corrected chi connectivity index (χ2v) is 4.35. The van der Waals surface area contributed by atoms with Crippen LogP contribution in [0.2, 0.25) is 5.02 Å². The van der Waals surface area contributed by atoms with Gasteiger partial charge >= 0.3 is 0 Å². The average molecular weight is 295 g/mol. The van der Waals surface area contributed by atoms with E-state index in [0.717, 1.165) is 0 Å². The van der Waals surface area contributed by atoms with E-state index in [4.69, 9.17) is 11.6 Å². The molecular formula is C12H11ClN4O3. The Morgan fingerprint density at radius 3 is 2.60 bits per heavy atom. The van der Waals surface area contributed by atoms with Crippen molar-refractivity contribution in [3.8, 4) is 0 Å². The van der Waals surface area contributed by atoms with Crippen LogP contribution >= 0.6 is 11.6 Å². The van der Waals surface area contributed by atoms with Crippen LogP contribution in [0.3, 0.4) is 0 Å². The number of hydrogen-bond donors (Lipinski definition) is 1. The van der Waals surface area contributed by atoms with Crippen molar-refractivity contribution in [2.24, 2.45) is 0 Å². The van der Waals surface area contributed by atoms with Crippen molar-refractivity contribution in [2.75, 3.05) is 5.32 Å². The molecule has 1 amide bonds. The van der Waals surface area contributed by atoms with E-state index in [9.17, 15) is 14.9 Å². The summed E-state index contributed by atoms with van der Waals surface area (Å²) in [6.07, 6.45) is 1.56. The summed E-state index contributed by atoms with van der Waals surface area (Å²) in [5.74, 6) is -0.462. The summed E-state index contributed by atoms with van der Waals surface area (Å²) < 4.78 is 1.55. The lowest BCUT2D eigenvalue weighted by Crippen LogP contribution is -2.13.